The highest BCUT2D eigenvalue weighted by molar-refractivity contribution is 5.85. The molecule has 28 heavy (non-hydrogen) atoms. The number of para-hydroxylation sites is 1. The van der Waals surface area contributed by atoms with E-state index in [0.717, 1.165) is 5.56 Å². The van der Waals surface area contributed by atoms with Gasteiger partial charge in [0.1, 0.15) is 0 Å². The van der Waals surface area contributed by atoms with E-state index in [2.05, 4.69) is 0 Å². The minimum atomic E-state index is -4.88. The molecule has 0 aliphatic rings. The average molecular weight is 381 g/mol. The number of benzene rings is 3. The molecule has 4 rings (SSSR count). The van der Waals surface area contributed by atoms with Gasteiger partial charge in [0.05, 0.1) is 0 Å². The van der Waals surface area contributed by atoms with Crippen molar-refractivity contribution >= 4 is 10.9 Å². The molecule has 1 atom stereocenters. The molecular weight excluding hydrogens is 363 g/mol. The van der Waals surface area contributed by atoms with Gasteiger partial charge in [0.2, 0.25) is 5.60 Å². The van der Waals surface area contributed by atoms with Gasteiger partial charge in [0.15, 0.2) is 0 Å². The molecule has 5 heteroatoms. The summed E-state index contributed by atoms with van der Waals surface area (Å²) in [5.41, 5.74) is -1.87. The van der Waals surface area contributed by atoms with Crippen LogP contribution in [-0.4, -0.2) is 15.8 Å². The molecule has 0 aliphatic heterocycles. The lowest BCUT2D eigenvalue weighted by molar-refractivity contribution is -0.247. The number of rotatable bonds is 4. The van der Waals surface area contributed by atoms with Gasteiger partial charge >= 0.3 is 6.18 Å². The molecule has 1 N–H and O–H groups in total. The number of fused-ring (bicyclic) bond motifs is 1. The highest BCUT2D eigenvalue weighted by atomic mass is 19.4. The van der Waals surface area contributed by atoms with Crippen LogP contribution in [0.4, 0.5) is 13.2 Å². The van der Waals surface area contributed by atoms with Crippen molar-refractivity contribution in [1.29, 1.82) is 0 Å². The van der Waals surface area contributed by atoms with Crippen LogP contribution in [0, 0.1) is 0 Å². The highest BCUT2D eigenvalue weighted by Gasteiger charge is 2.57. The summed E-state index contributed by atoms with van der Waals surface area (Å²) in [5.74, 6) is 0. The SMILES string of the molecule is OC(c1ccccc1)(c1cn(Cc2ccccc2)c2ccccc12)C(F)(F)F. The summed E-state index contributed by atoms with van der Waals surface area (Å²) in [6.07, 6.45) is -3.46. The number of aliphatic hydroxyl groups is 1. The molecule has 0 saturated carbocycles. The van der Waals surface area contributed by atoms with E-state index >= 15 is 0 Å². The molecule has 1 heterocycles. The maximum absolute atomic E-state index is 14.2. The first-order valence-electron chi connectivity index (χ1n) is 8.88. The predicted molar refractivity (Wildman–Crippen MR) is 103 cm³/mol. The van der Waals surface area contributed by atoms with Gasteiger partial charge in [-0.1, -0.05) is 78.9 Å². The summed E-state index contributed by atoms with van der Waals surface area (Å²) < 4.78 is 44.3. The van der Waals surface area contributed by atoms with Crippen molar-refractivity contribution in [3.05, 3.63) is 108 Å². The Kier molecular flexibility index (Phi) is 4.47. The third kappa shape index (κ3) is 2.98. The van der Waals surface area contributed by atoms with E-state index in [-0.39, 0.29) is 11.1 Å². The molecule has 0 fully saturated rings. The first kappa shape index (κ1) is 18.3. The van der Waals surface area contributed by atoms with Crippen LogP contribution in [0.3, 0.4) is 0 Å². The largest absolute Gasteiger partial charge is 0.425 e. The van der Waals surface area contributed by atoms with Crippen molar-refractivity contribution in [2.45, 2.75) is 18.3 Å². The van der Waals surface area contributed by atoms with Crippen molar-refractivity contribution in [1.82, 2.24) is 4.57 Å². The number of halogens is 3. The second-order valence-corrected chi connectivity index (χ2v) is 6.75. The van der Waals surface area contributed by atoms with E-state index in [9.17, 15) is 18.3 Å². The van der Waals surface area contributed by atoms with Gasteiger partial charge in [0, 0.05) is 29.2 Å². The van der Waals surface area contributed by atoms with Crippen molar-refractivity contribution in [2.24, 2.45) is 0 Å². The molecule has 1 aromatic heterocycles. The molecule has 3 aromatic carbocycles. The van der Waals surface area contributed by atoms with Crippen LogP contribution >= 0.6 is 0 Å². The van der Waals surface area contributed by atoms with Crippen LogP contribution in [0.2, 0.25) is 0 Å². The fourth-order valence-corrected chi connectivity index (χ4v) is 3.60. The quantitative estimate of drug-likeness (QED) is 0.497. The lowest BCUT2D eigenvalue weighted by Crippen LogP contribution is -2.43. The first-order chi connectivity index (χ1) is 13.4. The summed E-state index contributed by atoms with van der Waals surface area (Å²) in [6, 6.07) is 23.6. The van der Waals surface area contributed by atoms with Crippen LogP contribution in [0.15, 0.2) is 91.1 Å². The molecule has 0 saturated heterocycles. The number of hydrogen-bond acceptors (Lipinski definition) is 1. The molecule has 0 bridgehead atoms. The van der Waals surface area contributed by atoms with E-state index in [1.807, 2.05) is 30.3 Å². The van der Waals surface area contributed by atoms with E-state index in [1.54, 1.807) is 34.9 Å². The van der Waals surface area contributed by atoms with Gasteiger partial charge in [-0.15, -0.1) is 0 Å². The lowest BCUT2D eigenvalue weighted by atomic mass is 9.85. The Hall–Kier alpha value is -3.05. The van der Waals surface area contributed by atoms with Crippen molar-refractivity contribution in [3.8, 4) is 0 Å². The molecule has 0 amide bonds. The van der Waals surface area contributed by atoms with Crippen LogP contribution in [0.5, 0.6) is 0 Å². The molecule has 142 valence electrons. The fraction of sp³-hybridized carbons (Fsp3) is 0.130. The second kappa shape index (κ2) is 6.84. The molecule has 0 radical (unpaired) electrons. The van der Waals surface area contributed by atoms with Crippen LogP contribution in [0.25, 0.3) is 10.9 Å². The molecule has 0 aliphatic carbocycles. The lowest BCUT2D eigenvalue weighted by Gasteiger charge is -2.31. The Balaban J connectivity index is 1.95. The number of nitrogens with zero attached hydrogens (tertiary/aromatic N) is 1. The normalized spacial score (nSPS) is 14.1. The van der Waals surface area contributed by atoms with Crippen LogP contribution in [0.1, 0.15) is 16.7 Å². The number of aromatic nitrogens is 1. The van der Waals surface area contributed by atoms with E-state index in [0.29, 0.717) is 17.4 Å². The fourth-order valence-electron chi connectivity index (χ4n) is 3.60. The molecule has 1 unspecified atom stereocenters. The van der Waals surface area contributed by atoms with Crippen molar-refractivity contribution < 1.29 is 18.3 Å². The predicted octanol–water partition coefficient (Wildman–Crippen LogP) is 5.49. The summed E-state index contributed by atoms with van der Waals surface area (Å²) >= 11 is 0. The Morgan fingerprint density at radius 1 is 0.750 bits per heavy atom. The third-order valence-corrected chi connectivity index (χ3v) is 4.98. The maximum atomic E-state index is 14.2. The van der Waals surface area contributed by atoms with Crippen molar-refractivity contribution in [3.63, 3.8) is 0 Å². The maximum Gasteiger partial charge on any atom is 0.425 e. The standard InChI is InChI=1S/C23H18F3NO/c24-23(25,26)22(28,18-11-5-2-6-12-18)20-16-27(15-17-9-3-1-4-10-17)21-14-8-7-13-19(20)21/h1-14,16,28H,15H2. The molecular formula is C23H18F3NO. The van der Waals surface area contributed by atoms with E-state index in [1.165, 1.54) is 30.5 Å². The monoisotopic (exact) mass is 381 g/mol. The van der Waals surface area contributed by atoms with E-state index < -0.39 is 11.8 Å². The Bertz CT molecular complexity index is 1090. The zero-order valence-corrected chi connectivity index (χ0v) is 14.9. The van der Waals surface area contributed by atoms with Gasteiger partial charge in [-0.25, -0.2) is 0 Å². The molecule has 4 aromatic rings. The highest BCUT2D eigenvalue weighted by Crippen LogP contribution is 2.46. The first-order valence-corrected chi connectivity index (χ1v) is 8.88. The topological polar surface area (TPSA) is 25.2 Å². The zero-order chi connectivity index (χ0) is 19.8. The van der Waals surface area contributed by atoms with Crippen LogP contribution in [-0.2, 0) is 12.1 Å². The number of alkyl halides is 3. The summed E-state index contributed by atoms with van der Waals surface area (Å²) in [6.45, 7) is 0.407. The minimum absolute atomic E-state index is 0.169. The molecule has 2 nitrogen and oxygen atoms in total. The van der Waals surface area contributed by atoms with Crippen LogP contribution < -0.4 is 0 Å². The smallest absolute Gasteiger partial charge is 0.372 e. The summed E-state index contributed by atoms with van der Waals surface area (Å²) in [5, 5.41) is 11.4. The average Bonchev–Trinajstić information content (AvgIpc) is 3.07. The second-order valence-electron chi connectivity index (χ2n) is 6.75. The van der Waals surface area contributed by atoms with Gasteiger partial charge in [0.25, 0.3) is 0 Å². The minimum Gasteiger partial charge on any atom is -0.372 e. The summed E-state index contributed by atoms with van der Waals surface area (Å²) in [7, 11) is 0. The van der Waals surface area contributed by atoms with Gasteiger partial charge in [-0.2, -0.15) is 13.2 Å². The Morgan fingerprint density at radius 3 is 1.96 bits per heavy atom. The third-order valence-electron chi connectivity index (χ3n) is 4.98. The van der Waals surface area contributed by atoms with Gasteiger partial charge < -0.3 is 9.67 Å². The summed E-state index contributed by atoms with van der Waals surface area (Å²) in [4.78, 5) is 0. The van der Waals surface area contributed by atoms with Gasteiger partial charge in [-0.05, 0) is 17.2 Å². The Morgan fingerprint density at radius 2 is 1.32 bits per heavy atom. The Labute approximate surface area is 160 Å². The van der Waals surface area contributed by atoms with Gasteiger partial charge in [-0.3, -0.25) is 0 Å². The molecule has 0 spiro atoms. The number of hydrogen-bond donors (Lipinski definition) is 1. The zero-order valence-electron chi connectivity index (χ0n) is 14.9. The van der Waals surface area contributed by atoms with E-state index in [4.69, 9.17) is 0 Å². The van der Waals surface area contributed by atoms with Crippen molar-refractivity contribution in [2.75, 3.05) is 0 Å².